The van der Waals surface area contributed by atoms with Crippen molar-refractivity contribution in [2.75, 3.05) is 4.72 Å². The maximum atomic E-state index is 12.0. The zero-order chi connectivity index (χ0) is 13.5. The van der Waals surface area contributed by atoms with Gasteiger partial charge in [0.2, 0.25) is 5.13 Å². The molecular formula is C9H6N4O4S2. The number of nitrogens with zero attached hydrogens (tertiary/aromatic N) is 2. The normalized spacial score (nSPS) is 11.8. The lowest BCUT2D eigenvalue weighted by atomic mass is 10.3. The van der Waals surface area contributed by atoms with Crippen LogP contribution in [0.15, 0.2) is 38.6 Å². The molecule has 0 radical (unpaired) electrons. The van der Waals surface area contributed by atoms with Crippen LogP contribution < -0.4 is 10.5 Å². The van der Waals surface area contributed by atoms with Crippen LogP contribution in [0, 0.1) is 0 Å². The van der Waals surface area contributed by atoms with Crippen molar-refractivity contribution in [2.24, 2.45) is 0 Å². The fourth-order valence-corrected chi connectivity index (χ4v) is 3.16. The number of hydrogen-bond acceptors (Lipinski definition) is 7. The smallest absolute Gasteiger partial charge is 0.408 e. The Labute approximate surface area is 110 Å². The molecule has 0 amide bonds. The molecule has 0 spiro atoms. The first-order chi connectivity index (χ1) is 9.04. The fraction of sp³-hybridized carbons (Fsp3) is 0. The minimum absolute atomic E-state index is 0.0297. The van der Waals surface area contributed by atoms with Crippen molar-refractivity contribution in [1.82, 2.24) is 14.3 Å². The van der Waals surface area contributed by atoms with Crippen LogP contribution in [0.25, 0.3) is 11.1 Å². The zero-order valence-corrected chi connectivity index (χ0v) is 10.8. The number of hydrogen-bond donors (Lipinski definition) is 2. The summed E-state index contributed by atoms with van der Waals surface area (Å²) in [6, 6.07) is 4.07. The number of rotatable bonds is 3. The van der Waals surface area contributed by atoms with Crippen molar-refractivity contribution in [3.05, 3.63) is 35.1 Å². The van der Waals surface area contributed by atoms with Gasteiger partial charge in [0.05, 0.1) is 10.4 Å². The lowest BCUT2D eigenvalue weighted by molar-refractivity contribution is 0.554. The van der Waals surface area contributed by atoms with E-state index < -0.39 is 15.8 Å². The molecule has 2 N–H and O–H groups in total. The van der Waals surface area contributed by atoms with E-state index in [9.17, 15) is 13.2 Å². The van der Waals surface area contributed by atoms with E-state index in [1.807, 2.05) is 0 Å². The molecule has 0 aliphatic rings. The fourth-order valence-electron chi connectivity index (χ4n) is 1.48. The third kappa shape index (κ3) is 2.22. The highest BCUT2D eigenvalue weighted by atomic mass is 32.2. The molecule has 0 saturated heterocycles. The summed E-state index contributed by atoms with van der Waals surface area (Å²) < 4.78 is 34.9. The van der Waals surface area contributed by atoms with Crippen molar-refractivity contribution in [2.45, 2.75) is 4.90 Å². The average Bonchev–Trinajstić information content (AvgIpc) is 2.95. The number of sulfonamides is 1. The average molecular weight is 298 g/mol. The molecule has 8 nitrogen and oxygen atoms in total. The van der Waals surface area contributed by atoms with E-state index in [1.54, 1.807) is 0 Å². The Morgan fingerprint density at radius 3 is 2.95 bits per heavy atom. The van der Waals surface area contributed by atoms with E-state index in [2.05, 4.69) is 19.1 Å². The number of oxazole rings is 1. The van der Waals surface area contributed by atoms with Crippen LogP contribution in [-0.2, 0) is 10.0 Å². The summed E-state index contributed by atoms with van der Waals surface area (Å²) in [4.78, 5) is 17.1. The molecule has 1 aromatic carbocycles. The molecule has 2 heterocycles. The van der Waals surface area contributed by atoms with E-state index >= 15 is 0 Å². The van der Waals surface area contributed by atoms with Gasteiger partial charge in [0.15, 0.2) is 5.58 Å². The van der Waals surface area contributed by atoms with Crippen LogP contribution in [-0.4, -0.2) is 22.8 Å². The molecule has 3 aromatic rings. The summed E-state index contributed by atoms with van der Waals surface area (Å²) >= 11 is 0.921. The summed E-state index contributed by atoms with van der Waals surface area (Å²) in [7, 11) is -3.78. The maximum Gasteiger partial charge on any atom is 0.417 e. The number of nitrogens with one attached hydrogen (secondary N) is 2. The highest BCUT2D eigenvalue weighted by molar-refractivity contribution is 7.93. The predicted octanol–water partition coefficient (Wildman–Crippen LogP) is 0.773. The van der Waals surface area contributed by atoms with Gasteiger partial charge in [-0.2, -0.15) is 4.37 Å². The maximum absolute atomic E-state index is 12.0. The molecule has 2 aromatic heterocycles. The molecule has 0 aliphatic carbocycles. The lowest BCUT2D eigenvalue weighted by Gasteiger charge is -2.03. The van der Waals surface area contributed by atoms with Crippen LogP contribution in [0.2, 0.25) is 0 Å². The Morgan fingerprint density at radius 1 is 1.37 bits per heavy atom. The van der Waals surface area contributed by atoms with Gasteiger partial charge in [-0.1, -0.05) is 0 Å². The monoisotopic (exact) mass is 298 g/mol. The number of aromatic nitrogens is 3. The zero-order valence-electron chi connectivity index (χ0n) is 9.15. The third-order valence-corrected chi connectivity index (χ3v) is 4.33. The highest BCUT2D eigenvalue weighted by Gasteiger charge is 2.17. The summed E-state index contributed by atoms with van der Waals surface area (Å²) in [6.45, 7) is 0. The van der Waals surface area contributed by atoms with Gasteiger partial charge in [0.25, 0.3) is 10.0 Å². The molecule has 19 heavy (non-hydrogen) atoms. The van der Waals surface area contributed by atoms with E-state index in [1.165, 1.54) is 24.5 Å². The van der Waals surface area contributed by atoms with Crippen LogP contribution in [0.5, 0.6) is 0 Å². The largest absolute Gasteiger partial charge is 0.417 e. The second-order valence-electron chi connectivity index (χ2n) is 3.52. The van der Waals surface area contributed by atoms with Gasteiger partial charge in [-0.3, -0.25) is 9.71 Å². The Bertz CT molecular complexity index is 878. The lowest BCUT2D eigenvalue weighted by Crippen LogP contribution is -2.12. The van der Waals surface area contributed by atoms with Crippen molar-refractivity contribution < 1.29 is 12.8 Å². The molecule has 0 unspecified atom stereocenters. The molecule has 0 bridgehead atoms. The quantitative estimate of drug-likeness (QED) is 0.737. The summed E-state index contributed by atoms with van der Waals surface area (Å²) in [5.41, 5.74) is 0.602. The standard InChI is InChI=1S/C9H6N4O4S2/c14-9-12-6-2-1-5(3-7(6)17-9)19(15,16)13-8-10-4-11-18-8/h1-4H,(H,12,14)(H,10,11,13). The van der Waals surface area contributed by atoms with Gasteiger partial charge in [-0.25, -0.2) is 18.2 Å². The Hall–Kier alpha value is -2.20. The second-order valence-corrected chi connectivity index (χ2v) is 5.99. The number of anilines is 1. The highest BCUT2D eigenvalue weighted by Crippen LogP contribution is 2.19. The van der Waals surface area contributed by atoms with Crippen molar-refractivity contribution >= 4 is 37.8 Å². The SMILES string of the molecule is O=c1[nH]c2ccc(S(=O)(=O)Nc3ncns3)cc2o1. The predicted molar refractivity (Wildman–Crippen MR) is 67.6 cm³/mol. The summed E-state index contributed by atoms with van der Waals surface area (Å²) in [5.74, 6) is -0.637. The second kappa shape index (κ2) is 4.17. The molecule has 98 valence electrons. The molecule has 10 heteroatoms. The summed E-state index contributed by atoms with van der Waals surface area (Å²) in [6.07, 6.45) is 1.25. The van der Waals surface area contributed by atoms with Crippen molar-refractivity contribution in [1.29, 1.82) is 0 Å². The van der Waals surface area contributed by atoms with Crippen LogP contribution in [0.1, 0.15) is 0 Å². The van der Waals surface area contributed by atoms with Crippen LogP contribution in [0.4, 0.5) is 5.13 Å². The van der Waals surface area contributed by atoms with Crippen LogP contribution >= 0.6 is 11.5 Å². The first-order valence-electron chi connectivity index (χ1n) is 4.97. The van der Waals surface area contributed by atoms with Gasteiger partial charge in [0, 0.05) is 17.6 Å². The van der Waals surface area contributed by atoms with Gasteiger partial charge in [-0.15, -0.1) is 0 Å². The number of H-pyrrole nitrogens is 1. The van der Waals surface area contributed by atoms with E-state index in [-0.39, 0.29) is 15.6 Å². The van der Waals surface area contributed by atoms with E-state index in [4.69, 9.17) is 4.42 Å². The molecule has 3 rings (SSSR count). The molecule has 0 fully saturated rings. The van der Waals surface area contributed by atoms with Crippen molar-refractivity contribution in [3.63, 3.8) is 0 Å². The molecule has 0 saturated carbocycles. The Morgan fingerprint density at radius 2 is 2.21 bits per heavy atom. The van der Waals surface area contributed by atoms with Crippen LogP contribution in [0.3, 0.4) is 0 Å². The minimum Gasteiger partial charge on any atom is -0.408 e. The van der Waals surface area contributed by atoms with E-state index in [0.717, 1.165) is 11.5 Å². The first-order valence-corrected chi connectivity index (χ1v) is 7.23. The number of benzene rings is 1. The topological polar surface area (TPSA) is 118 Å². The molecular weight excluding hydrogens is 292 g/mol. The number of aromatic amines is 1. The van der Waals surface area contributed by atoms with Crippen molar-refractivity contribution in [3.8, 4) is 0 Å². The minimum atomic E-state index is -3.78. The Balaban J connectivity index is 2.05. The van der Waals surface area contributed by atoms with Gasteiger partial charge in [0.1, 0.15) is 6.33 Å². The number of fused-ring (bicyclic) bond motifs is 1. The third-order valence-electron chi connectivity index (χ3n) is 2.29. The van der Waals surface area contributed by atoms with Gasteiger partial charge < -0.3 is 4.42 Å². The van der Waals surface area contributed by atoms with Gasteiger partial charge >= 0.3 is 5.76 Å². The van der Waals surface area contributed by atoms with Gasteiger partial charge in [-0.05, 0) is 12.1 Å². The Kier molecular flexibility index (Phi) is 2.61. The summed E-state index contributed by atoms with van der Waals surface area (Å²) in [5, 5.41) is 0.163. The molecule has 0 aliphatic heterocycles. The first kappa shape index (κ1) is 11.9. The molecule has 0 atom stereocenters. The van der Waals surface area contributed by atoms with E-state index in [0.29, 0.717) is 5.52 Å².